The van der Waals surface area contributed by atoms with Gasteiger partial charge in [-0.1, -0.05) is 0 Å². The van der Waals surface area contributed by atoms with Crippen molar-refractivity contribution >= 4 is 5.97 Å². The lowest BCUT2D eigenvalue weighted by atomic mass is 9.94. The highest BCUT2D eigenvalue weighted by molar-refractivity contribution is 5.73. The van der Waals surface area contributed by atoms with E-state index in [0.717, 1.165) is 12.1 Å². The van der Waals surface area contributed by atoms with Gasteiger partial charge in [0.05, 0.1) is 12.0 Å². The van der Waals surface area contributed by atoms with Gasteiger partial charge in [-0.05, 0) is 42.5 Å². The molecule has 8 heteroatoms. The minimum absolute atomic E-state index is 0.00363. The van der Waals surface area contributed by atoms with Crippen LogP contribution < -0.4 is 0 Å². The van der Waals surface area contributed by atoms with Crippen molar-refractivity contribution in [3.8, 4) is 11.4 Å². The average Bonchev–Trinajstić information content (AvgIpc) is 2.80. The molecule has 2 aromatic rings. The fourth-order valence-electron chi connectivity index (χ4n) is 1.60. The van der Waals surface area contributed by atoms with E-state index in [-0.39, 0.29) is 17.9 Å². The standard InChI is InChI=1S/C12H12F2N4O2/c1-12(2,11(19)20)6-18-10(15-16-17-18)7-3-4-8(13)9(14)5-7/h3-5H,6H2,1-2H3,(H,19,20). The van der Waals surface area contributed by atoms with Crippen molar-refractivity contribution in [3.05, 3.63) is 29.8 Å². The minimum Gasteiger partial charge on any atom is -0.481 e. The van der Waals surface area contributed by atoms with Crippen LogP contribution in [0.2, 0.25) is 0 Å². The van der Waals surface area contributed by atoms with Crippen molar-refractivity contribution in [2.45, 2.75) is 20.4 Å². The SMILES string of the molecule is CC(C)(Cn1nnnc1-c1ccc(F)c(F)c1)C(=O)O. The van der Waals surface area contributed by atoms with Gasteiger partial charge in [-0.15, -0.1) is 5.10 Å². The molecule has 1 N–H and O–H groups in total. The molecular formula is C12H12F2N4O2. The first kappa shape index (κ1) is 14.0. The van der Waals surface area contributed by atoms with Crippen LogP contribution in [0.1, 0.15) is 13.8 Å². The Morgan fingerprint density at radius 3 is 2.65 bits per heavy atom. The molecule has 2 rings (SSSR count). The van der Waals surface area contributed by atoms with Crippen LogP contribution >= 0.6 is 0 Å². The number of tetrazole rings is 1. The fourth-order valence-corrected chi connectivity index (χ4v) is 1.60. The zero-order valence-corrected chi connectivity index (χ0v) is 10.8. The van der Waals surface area contributed by atoms with Crippen LogP contribution in [0.5, 0.6) is 0 Å². The predicted octanol–water partition coefficient (Wildman–Crippen LogP) is 1.73. The van der Waals surface area contributed by atoms with E-state index in [1.165, 1.54) is 24.6 Å². The number of hydrogen-bond donors (Lipinski definition) is 1. The molecule has 0 radical (unpaired) electrons. The number of carboxylic acid groups (broad SMARTS) is 1. The van der Waals surface area contributed by atoms with Crippen molar-refractivity contribution < 1.29 is 18.7 Å². The van der Waals surface area contributed by atoms with E-state index in [1.54, 1.807) is 0 Å². The Labute approximate surface area is 113 Å². The van der Waals surface area contributed by atoms with Crippen molar-refractivity contribution in [2.75, 3.05) is 0 Å². The van der Waals surface area contributed by atoms with E-state index < -0.39 is 23.0 Å². The zero-order valence-electron chi connectivity index (χ0n) is 10.8. The van der Waals surface area contributed by atoms with E-state index in [9.17, 15) is 13.6 Å². The van der Waals surface area contributed by atoms with Gasteiger partial charge in [-0.3, -0.25) is 4.79 Å². The summed E-state index contributed by atoms with van der Waals surface area (Å²) >= 11 is 0. The summed E-state index contributed by atoms with van der Waals surface area (Å²) in [6.45, 7) is 3.04. The van der Waals surface area contributed by atoms with Crippen LogP contribution in [0.25, 0.3) is 11.4 Å². The summed E-state index contributed by atoms with van der Waals surface area (Å²) in [5, 5.41) is 19.9. The highest BCUT2D eigenvalue weighted by Gasteiger charge is 2.29. The normalized spacial score (nSPS) is 11.6. The summed E-state index contributed by atoms with van der Waals surface area (Å²) in [5.74, 6) is -2.82. The molecule has 1 aromatic carbocycles. The average molecular weight is 282 g/mol. The molecule has 0 unspecified atom stereocenters. The van der Waals surface area contributed by atoms with Crippen molar-refractivity contribution in [2.24, 2.45) is 5.41 Å². The van der Waals surface area contributed by atoms with Crippen molar-refractivity contribution in [1.29, 1.82) is 0 Å². The summed E-state index contributed by atoms with van der Waals surface area (Å²) < 4.78 is 27.4. The smallest absolute Gasteiger partial charge is 0.310 e. The number of halogens is 2. The molecule has 0 aliphatic rings. The van der Waals surface area contributed by atoms with Crippen LogP contribution in [0.15, 0.2) is 18.2 Å². The third-order valence-electron chi connectivity index (χ3n) is 2.83. The Hall–Kier alpha value is -2.38. The van der Waals surface area contributed by atoms with Gasteiger partial charge < -0.3 is 5.11 Å². The molecule has 0 spiro atoms. The molecule has 0 aliphatic heterocycles. The molecule has 0 saturated heterocycles. The Morgan fingerprint density at radius 1 is 1.35 bits per heavy atom. The number of aliphatic carboxylic acids is 1. The predicted molar refractivity (Wildman–Crippen MR) is 64.6 cm³/mol. The first-order valence-corrected chi connectivity index (χ1v) is 5.76. The summed E-state index contributed by atoms with van der Waals surface area (Å²) in [7, 11) is 0. The largest absolute Gasteiger partial charge is 0.481 e. The minimum atomic E-state index is -1.09. The Balaban J connectivity index is 2.38. The number of benzene rings is 1. The second-order valence-electron chi connectivity index (χ2n) is 4.98. The zero-order chi connectivity index (χ0) is 14.9. The first-order chi connectivity index (χ1) is 9.31. The molecule has 1 heterocycles. The van der Waals surface area contributed by atoms with Gasteiger partial charge in [0.15, 0.2) is 17.5 Å². The molecule has 0 atom stereocenters. The monoisotopic (exact) mass is 282 g/mol. The van der Waals surface area contributed by atoms with Crippen molar-refractivity contribution in [1.82, 2.24) is 20.2 Å². The Kier molecular flexibility index (Phi) is 3.47. The lowest BCUT2D eigenvalue weighted by molar-refractivity contribution is -0.147. The van der Waals surface area contributed by atoms with Gasteiger partial charge in [0.25, 0.3) is 0 Å². The maximum atomic E-state index is 13.2. The highest BCUT2D eigenvalue weighted by Crippen LogP contribution is 2.23. The Bertz CT molecular complexity index is 655. The van der Waals surface area contributed by atoms with Gasteiger partial charge in [0.2, 0.25) is 0 Å². The summed E-state index contributed by atoms with van der Waals surface area (Å²) in [5.41, 5.74) is -0.821. The number of rotatable bonds is 4. The molecule has 20 heavy (non-hydrogen) atoms. The second-order valence-corrected chi connectivity index (χ2v) is 4.98. The quantitative estimate of drug-likeness (QED) is 0.923. The molecule has 106 valence electrons. The third kappa shape index (κ3) is 2.63. The fraction of sp³-hybridized carbons (Fsp3) is 0.333. The molecule has 0 amide bonds. The van der Waals surface area contributed by atoms with Crippen LogP contribution in [0.3, 0.4) is 0 Å². The van der Waals surface area contributed by atoms with Gasteiger partial charge in [-0.2, -0.15) is 0 Å². The van der Waals surface area contributed by atoms with Crippen LogP contribution in [-0.2, 0) is 11.3 Å². The van der Waals surface area contributed by atoms with E-state index in [1.807, 2.05) is 0 Å². The van der Waals surface area contributed by atoms with Crippen molar-refractivity contribution in [3.63, 3.8) is 0 Å². The van der Waals surface area contributed by atoms with E-state index >= 15 is 0 Å². The van der Waals surface area contributed by atoms with Crippen LogP contribution in [0.4, 0.5) is 8.78 Å². The summed E-state index contributed by atoms with van der Waals surface area (Å²) in [6.07, 6.45) is 0. The molecular weight excluding hydrogens is 270 g/mol. The van der Waals surface area contributed by atoms with Gasteiger partial charge >= 0.3 is 5.97 Å². The lowest BCUT2D eigenvalue weighted by Crippen LogP contribution is -2.30. The molecule has 0 fully saturated rings. The Morgan fingerprint density at radius 2 is 2.05 bits per heavy atom. The van der Waals surface area contributed by atoms with E-state index in [4.69, 9.17) is 5.11 Å². The molecule has 0 saturated carbocycles. The maximum Gasteiger partial charge on any atom is 0.310 e. The van der Waals surface area contributed by atoms with Gasteiger partial charge in [0, 0.05) is 5.56 Å². The third-order valence-corrected chi connectivity index (χ3v) is 2.83. The summed E-state index contributed by atoms with van der Waals surface area (Å²) in [6, 6.07) is 3.26. The van der Waals surface area contributed by atoms with Crippen LogP contribution in [-0.4, -0.2) is 31.3 Å². The van der Waals surface area contributed by atoms with Gasteiger partial charge in [-0.25, -0.2) is 13.5 Å². The number of carbonyl (C=O) groups is 1. The molecule has 0 aliphatic carbocycles. The van der Waals surface area contributed by atoms with E-state index in [0.29, 0.717) is 0 Å². The maximum absolute atomic E-state index is 13.2. The highest BCUT2D eigenvalue weighted by atomic mass is 19.2. The number of aromatic nitrogens is 4. The second kappa shape index (κ2) is 4.95. The first-order valence-electron chi connectivity index (χ1n) is 5.76. The molecule has 1 aromatic heterocycles. The van der Waals surface area contributed by atoms with E-state index in [2.05, 4.69) is 15.5 Å². The van der Waals surface area contributed by atoms with Gasteiger partial charge in [0.1, 0.15) is 0 Å². The topological polar surface area (TPSA) is 80.9 Å². The molecule has 6 nitrogen and oxygen atoms in total. The summed E-state index contributed by atoms with van der Waals surface area (Å²) in [4.78, 5) is 11.1. The molecule has 0 bridgehead atoms. The number of nitrogens with zero attached hydrogens (tertiary/aromatic N) is 4. The number of carboxylic acids is 1. The number of hydrogen-bond acceptors (Lipinski definition) is 4. The lowest BCUT2D eigenvalue weighted by Gasteiger charge is -2.19. The van der Waals surface area contributed by atoms with Crippen LogP contribution in [0, 0.1) is 17.0 Å².